The molecular formula is C12H12FN3O. The standard InChI is InChI=1S/C12H12FN3O/c13-9-3-4-10(15-7-9)11(17)16-12(8-14)5-1-2-6-12/h3-4,7H,1-2,5-6H2,(H,16,17). The first-order valence-electron chi connectivity index (χ1n) is 5.50. The Hall–Kier alpha value is -1.96. The molecule has 1 aromatic rings. The topological polar surface area (TPSA) is 65.8 Å². The van der Waals surface area contributed by atoms with Crippen LogP contribution in [0.25, 0.3) is 0 Å². The summed E-state index contributed by atoms with van der Waals surface area (Å²) in [6, 6.07) is 4.64. The lowest BCUT2D eigenvalue weighted by atomic mass is 10.00. The normalized spacial score (nSPS) is 17.4. The van der Waals surface area contributed by atoms with Crippen LogP contribution >= 0.6 is 0 Å². The van der Waals surface area contributed by atoms with Crippen LogP contribution in [0.1, 0.15) is 36.2 Å². The van der Waals surface area contributed by atoms with Gasteiger partial charge in [0.1, 0.15) is 17.1 Å². The number of nitriles is 1. The zero-order chi connectivity index (χ0) is 12.3. The van der Waals surface area contributed by atoms with Gasteiger partial charge >= 0.3 is 0 Å². The summed E-state index contributed by atoms with van der Waals surface area (Å²) >= 11 is 0. The van der Waals surface area contributed by atoms with Crippen LogP contribution in [0.15, 0.2) is 18.3 Å². The van der Waals surface area contributed by atoms with E-state index in [1.165, 1.54) is 12.1 Å². The van der Waals surface area contributed by atoms with E-state index in [-0.39, 0.29) is 5.69 Å². The maximum absolute atomic E-state index is 12.6. The fourth-order valence-electron chi connectivity index (χ4n) is 2.03. The third-order valence-electron chi connectivity index (χ3n) is 2.98. The van der Waals surface area contributed by atoms with E-state index in [4.69, 9.17) is 5.26 Å². The van der Waals surface area contributed by atoms with E-state index in [1.54, 1.807) is 0 Å². The molecule has 88 valence electrons. The molecule has 0 aromatic carbocycles. The van der Waals surface area contributed by atoms with E-state index < -0.39 is 17.3 Å². The zero-order valence-corrected chi connectivity index (χ0v) is 9.24. The van der Waals surface area contributed by atoms with Gasteiger partial charge < -0.3 is 5.32 Å². The number of nitrogens with one attached hydrogen (secondary N) is 1. The van der Waals surface area contributed by atoms with Crippen molar-refractivity contribution in [3.05, 3.63) is 29.8 Å². The fraction of sp³-hybridized carbons (Fsp3) is 0.417. The Morgan fingerprint density at radius 3 is 2.71 bits per heavy atom. The van der Waals surface area contributed by atoms with E-state index in [9.17, 15) is 9.18 Å². The van der Waals surface area contributed by atoms with Gasteiger partial charge in [-0.3, -0.25) is 4.79 Å². The monoisotopic (exact) mass is 233 g/mol. The number of hydrogen-bond acceptors (Lipinski definition) is 3. The number of amides is 1. The van der Waals surface area contributed by atoms with Crippen LogP contribution in [-0.4, -0.2) is 16.4 Å². The number of carbonyl (C=O) groups is 1. The van der Waals surface area contributed by atoms with Crippen LogP contribution in [0.3, 0.4) is 0 Å². The molecule has 17 heavy (non-hydrogen) atoms. The first-order valence-corrected chi connectivity index (χ1v) is 5.50. The van der Waals surface area contributed by atoms with Gasteiger partial charge in [0.05, 0.1) is 12.3 Å². The number of rotatable bonds is 2. The van der Waals surface area contributed by atoms with Crippen LogP contribution in [0.5, 0.6) is 0 Å². The van der Waals surface area contributed by atoms with E-state index in [0.717, 1.165) is 19.0 Å². The molecule has 4 nitrogen and oxygen atoms in total. The van der Waals surface area contributed by atoms with Gasteiger partial charge in [-0.25, -0.2) is 9.37 Å². The third kappa shape index (κ3) is 2.41. The first-order chi connectivity index (χ1) is 8.15. The zero-order valence-electron chi connectivity index (χ0n) is 9.24. The average molecular weight is 233 g/mol. The molecule has 1 heterocycles. The number of hydrogen-bond donors (Lipinski definition) is 1. The van der Waals surface area contributed by atoms with Crippen molar-refractivity contribution in [1.82, 2.24) is 10.3 Å². The molecule has 1 fully saturated rings. The molecule has 0 spiro atoms. The Labute approximate surface area is 98.5 Å². The van der Waals surface area contributed by atoms with E-state index in [1.807, 2.05) is 0 Å². The van der Waals surface area contributed by atoms with Crippen molar-refractivity contribution in [1.29, 1.82) is 5.26 Å². The molecule has 0 radical (unpaired) electrons. The largest absolute Gasteiger partial charge is 0.332 e. The third-order valence-corrected chi connectivity index (χ3v) is 2.98. The minimum atomic E-state index is -0.771. The SMILES string of the molecule is N#CC1(NC(=O)c2ccc(F)cn2)CCCC1. The van der Waals surface area contributed by atoms with E-state index in [0.29, 0.717) is 12.8 Å². The van der Waals surface area contributed by atoms with Crippen molar-refractivity contribution in [3.63, 3.8) is 0 Å². The Kier molecular flexibility index (Phi) is 3.05. The Bertz CT molecular complexity index is 458. The van der Waals surface area contributed by atoms with Crippen molar-refractivity contribution < 1.29 is 9.18 Å². The lowest BCUT2D eigenvalue weighted by Crippen LogP contribution is -2.45. The summed E-state index contributed by atoms with van der Waals surface area (Å²) < 4.78 is 12.6. The second-order valence-electron chi connectivity index (χ2n) is 4.22. The van der Waals surface area contributed by atoms with Gasteiger partial charge in [0.15, 0.2) is 0 Å². The fourth-order valence-corrected chi connectivity index (χ4v) is 2.03. The van der Waals surface area contributed by atoms with Gasteiger partial charge in [0, 0.05) is 0 Å². The second kappa shape index (κ2) is 4.50. The van der Waals surface area contributed by atoms with Crippen molar-refractivity contribution in [2.45, 2.75) is 31.2 Å². The summed E-state index contributed by atoms with van der Waals surface area (Å²) in [7, 11) is 0. The van der Waals surface area contributed by atoms with E-state index in [2.05, 4.69) is 16.4 Å². The highest BCUT2D eigenvalue weighted by Gasteiger charge is 2.35. The molecule has 0 atom stereocenters. The number of carbonyl (C=O) groups excluding carboxylic acids is 1. The van der Waals surface area contributed by atoms with Crippen LogP contribution in [0, 0.1) is 17.1 Å². The smallest absolute Gasteiger partial charge is 0.271 e. The predicted octanol–water partition coefficient (Wildman–Crippen LogP) is 1.79. The summed E-state index contributed by atoms with van der Waals surface area (Å²) in [4.78, 5) is 15.5. The Morgan fingerprint density at radius 2 is 2.18 bits per heavy atom. The molecule has 0 unspecified atom stereocenters. The number of pyridine rings is 1. The van der Waals surface area contributed by atoms with Crippen LogP contribution in [0.2, 0.25) is 0 Å². The summed E-state index contributed by atoms with van der Waals surface area (Å²) in [6.07, 6.45) is 4.19. The van der Waals surface area contributed by atoms with Gasteiger partial charge in [-0.05, 0) is 37.8 Å². The minimum Gasteiger partial charge on any atom is -0.332 e. The maximum atomic E-state index is 12.6. The van der Waals surface area contributed by atoms with Gasteiger partial charge in [-0.15, -0.1) is 0 Å². The quantitative estimate of drug-likeness (QED) is 0.846. The summed E-state index contributed by atoms with van der Waals surface area (Å²) in [6.45, 7) is 0. The highest BCUT2D eigenvalue weighted by molar-refractivity contribution is 5.93. The molecule has 0 bridgehead atoms. The highest BCUT2D eigenvalue weighted by atomic mass is 19.1. The molecule has 1 N–H and O–H groups in total. The Morgan fingerprint density at radius 1 is 1.47 bits per heavy atom. The van der Waals surface area contributed by atoms with Crippen molar-refractivity contribution in [2.24, 2.45) is 0 Å². The lowest BCUT2D eigenvalue weighted by molar-refractivity contribution is 0.0915. The van der Waals surface area contributed by atoms with Crippen LogP contribution < -0.4 is 5.32 Å². The average Bonchev–Trinajstić information content (AvgIpc) is 2.79. The molecule has 0 saturated heterocycles. The van der Waals surface area contributed by atoms with Gasteiger partial charge in [-0.1, -0.05) is 0 Å². The van der Waals surface area contributed by atoms with Crippen LogP contribution in [0.4, 0.5) is 4.39 Å². The molecule has 1 amide bonds. The van der Waals surface area contributed by atoms with Gasteiger partial charge in [0.25, 0.3) is 5.91 Å². The molecule has 0 aliphatic heterocycles. The second-order valence-corrected chi connectivity index (χ2v) is 4.22. The molecular weight excluding hydrogens is 221 g/mol. The molecule has 1 saturated carbocycles. The van der Waals surface area contributed by atoms with E-state index >= 15 is 0 Å². The molecule has 1 aliphatic rings. The maximum Gasteiger partial charge on any atom is 0.271 e. The van der Waals surface area contributed by atoms with Crippen molar-refractivity contribution >= 4 is 5.91 Å². The predicted molar refractivity (Wildman–Crippen MR) is 58.5 cm³/mol. The molecule has 2 rings (SSSR count). The van der Waals surface area contributed by atoms with Gasteiger partial charge in [-0.2, -0.15) is 5.26 Å². The minimum absolute atomic E-state index is 0.132. The first kappa shape index (κ1) is 11.5. The molecule has 1 aliphatic carbocycles. The van der Waals surface area contributed by atoms with Crippen LogP contribution in [-0.2, 0) is 0 Å². The highest BCUT2D eigenvalue weighted by Crippen LogP contribution is 2.29. The van der Waals surface area contributed by atoms with Crippen molar-refractivity contribution in [2.75, 3.05) is 0 Å². The Balaban J connectivity index is 2.11. The summed E-state index contributed by atoms with van der Waals surface area (Å²) in [5, 5.41) is 11.8. The summed E-state index contributed by atoms with van der Waals surface area (Å²) in [5.74, 6) is -0.911. The summed E-state index contributed by atoms with van der Waals surface area (Å²) in [5.41, 5.74) is -0.638. The molecule has 5 heteroatoms. The van der Waals surface area contributed by atoms with Gasteiger partial charge in [0.2, 0.25) is 0 Å². The number of halogens is 1. The lowest BCUT2D eigenvalue weighted by Gasteiger charge is -2.21. The number of aromatic nitrogens is 1. The number of nitrogens with zero attached hydrogens (tertiary/aromatic N) is 2. The molecule has 1 aromatic heterocycles. The van der Waals surface area contributed by atoms with Crippen molar-refractivity contribution in [3.8, 4) is 6.07 Å².